The van der Waals surface area contributed by atoms with Gasteiger partial charge in [-0.25, -0.2) is 8.42 Å². The first-order valence-electron chi connectivity index (χ1n) is 5.09. The fourth-order valence-corrected chi connectivity index (χ4v) is 2.06. The van der Waals surface area contributed by atoms with Crippen molar-refractivity contribution in [3.63, 3.8) is 0 Å². The molecule has 0 radical (unpaired) electrons. The van der Waals surface area contributed by atoms with Crippen LogP contribution in [0.25, 0.3) is 0 Å². The molecule has 1 atom stereocenters. The molecule has 1 aromatic carbocycles. The highest BCUT2D eigenvalue weighted by Gasteiger charge is 2.12. The van der Waals surface area contributed by atoms with E-state index < -0.39 is 15.9 Å². The molecule has 0 spiro atoms. The van der Waals surface area contributed by atoms with E-state index in [9.17, 15) is 8.42 Å². The first kappa shape index (κ1) is 13.0. The summed E-state index contributed by atoms with van der Waals surface area (Å²) in [4.78, 5) is 0.248. The Labute approximate surface area is 95.8 Å². The molecule has 0 unspecified atom stereocenters. The second-order valence-electron chi connectivity index (χ2n) is 3.54. The quantitative estimate of drug-likeness (QED) is 0.846. The third kappa shape index (κ3) is 3.50. The summed E-state index contributed by atoms with van der Waals surface area (Å²) in [5.41, 5.74) is 0. The number of benzene rings is 1. The van der Waals surface area contributed by atoms with E-state index in [1.165, 1.54) is 12.1 Å². The highest BCUT2D eigenvalue weighted by Crippen LogP contribution is 2.18. The molecule has 5 heteroatoms. The van der Waals surface area contributed by atoms with Gasteiger partial charge in [-0.15, -0.1) is 0 Å². The minimum atomic E-state index is -3.20. The lowest BCUT2D eigenvalue weighted by Gasteiger charge is -2.09. The van der Waals surface area contributed by atoms with Crippen LogP contribution >= 0.6 is 0 Å². The highest BCUT2D eigenvalue weighted by atomic mass is 32.2. The van der Waals surface area contributed by atoms with Crippen molar-refractivity contribution in [2.45, 2.75) is 24.8 Å². The minimum Gasteiger partial charge on any atom is -0.491 e. The van der Waals surface area contributed by atoms with Crippen LogP contribution in [0.5, 0.6) is 5.75 Å². The average molecular weight is 244 g/mol. The van der Waals surface area contributed by atoms with Gasteiger partial charge in [0.2, 0.25) is 0 Å². The molecule has 0 saturated carbocycles. The number of rotatable bonds is 5. The Morgan fingerprint density at radius 1 is 1.44 bits per heavy atom. The fraction of sp³-hybridized carbons (Fsp3) is 0.455. The highest BCUT2D eigenvalue weighted by molar-refractivity contribution is 7.91. The number of hydrogen-bond acceptors (Lipinski definition) is 4. The normalized spacial score (nSPS) is 13.4. The summed E-state index contributed by atoms with van der Waals surface area (Å²) in [6.45, 7) is 3.35. The summed E-state index contributed by atoms with van der Waals surface area (Å²) in [7, 11) is -3.20. The van der Waals surface area contributed by atoms with Crippen LogP contribution in [-0.4, -0.2) is 32.0 Å². The van der Waals surface area contributed by atoms with Crippen molar-refractivity contribution in [3.05, 3.63) is 24.3 Å². The maximum absolute atomic E-state index is 11.6. The van der Waals surface area contributed by atoms with Gasteiger partial charge in [-0.3, -0.25) is 0 Å². The summed E-state index contributed by atoms with van der Waals surface area (Å²) in [5, 5.41) is 9.05. The van der Waals surface area contributed by atoms with Gasteiger partial charge in [-0.1, -0.05) is 13.0 Å². The van der Waals surface area contributed by atoms with Crippen molar-refractivity contribution in [2.75, 3.05) is 12.4 Å². The Morgan fingerprint density at radius 2 is 2.12 bits per heavy atom. The van der Waals surface area contributed by atoms with Gasteiger partial charge in [0.25, 0.3) is 0 Å². The standard InChI is InChI=1S/C11H16O4S/c1-3-16(13,14)11-6-4-5-10(7-11)15-8-9(2)12/h4-7,9,12H,3,8H2,1-2H3/t9-/m0/s1. The minimum absolute atomic E-state index is 0.0624. The molecule has 0 aromatic heterocycles. The van der Waals surface area contributed by atoms with Gasteiger partial charge in [0, 0.05) is 0 Å². The van der Waals surface area contributed by atoms with Gasteiger partial charge in [0.15, 0.2) is 9.84 Å². The zero-order valence-electron chi connectivity index (χ0n) is 9.38. The Kier molecular flexibility index (Phi) is 4.32. The van der Waals surface area contributed by atoms with Gasteiger partial charge in [-0.05, 0) is 25.1 Å². The molecular weight excluding hydrogens is 228 g/mol. The summed E-state index contributed by atoms with van der Waals surface area (Å²) >= 11 is 0. The van der Waals surface area contributed by atoms with Crippen LogP contribution in [0.4, 0.5) is 0 Å². The Balaban J connectivity index is 2.87. The van der Waals surface area contributed by atoms with E-state index in [1.807, 2.05) is 0 Å². The van der Waals surface area contributed by atoms with Crippen LogP contribution in [-0.2, 0) is 9.84 Å². The van der Waals surface area contributed by atoms with E-state index >= 15 is 0 Å². The average Bonchev–Trinajstić information content (AvgIpc) is 2.27. The van der Waals surface area contributed by atoms with Crippen molar-refractivity contribution < 1.29 is 18.3 Å². The molecule has 0 aliphatic heterocycles. The van der Waals surface area contributed by atoms with E-state index in [0.717, 1.165) is 0 Å². The smallest absolute Gasteiger partial charge is 0.178 e. The number of hydrogen-bond donors (Lipinski definition) is 1. The Morgan fingerprint density at radius 3 is 2.69 bits per heavy atom. The van der Waals surface area contributed by atoms with E-state index in [-0.39, 0.29) is 17.3 Å². The molecule has 0 aliphatic rings. The molecule has 0 fully saturated rings. The molecule has 90 valence electrons. The zero-order chi connectivity index (χ0) is 12.2. The van der Waals surface area contributed by atoms with Gasteiger partial charge in [0.05, 0.1) is 16.8 Å². The van der Waals surface area contributed by atoms with Crippen molar-refractivity contribution in [2.24, 2.45) is 0 Å². The first-order chi connectivity index (χ1) is 7.45. The van der Waals surface area contributed by atoms with Crippen LogP contribution in [0.3, 0.4) is 0 Å². The van der Waals surface area contributed by atoms with Crippen LogP contribution in [0.15, 0.2) is 29.2 Å². The van der Waals surface area contributed by atoms with Crippen molar-refractivity contribution in [3.8, 4) is 5.75 Å². The maximum atomic E-state index is 11.6. The lowest BCUT2D eigenvalue weighted by atomic mass is 10.3. The van der Waals surface area contributed by atoms with Crippen LogP contribution in [0.2, 0.25) is 0 Å². The monoisotopic (exact) mass is 244 g/mol. The Bertz CT molecular complexity index is 437. The molecular formula is C11H16O4S. The van der Waals surface area contributed by atoms with E-state index in [2.05, 4.69) is 0 Å². The predicted molar refractivity (Wildman–Crippen MR) is 61.3 cm³/mol. The van der Waals surface area contributed by atoms with Crippen LogP contribution in [0, 0.1) is 0 Å². The van der Waals surface area contributed by atoms with E-state index in [0.29, 0.717) is 5.75 Å². The molecule has 1 rings (SSSR count). The zero-order valence-corrected chi connectivity index (χ0v) is 10.2. The number of sulfone groups is 1. The molecule has 1 N–H and O–H groups in total. The first-order valence-corrected chi connectivity index (χ1v) is 6.74. The van der Waals surface area contributed by atoms with Crippen LogP contribution in [0.1, 0.15) is 13.8 Å². The SMILES string of the molecule is CCS(=O)(=O)c1cccc(OC[C@H](C)O)c1. The lowest BCUT2D eigenvalue weighted by Crippen LogP contribution is -2.13. The number of aliphatic hydroxyl groups is 1. The van der Waals surface area contributed by atoms with Gasteiger partial charge in [0.1, 0.15) is 12.4 Å². The van der Waals surface area contributed by atoms with Crippen molar-refractivity contribution in [1.82, 2.24) is 0 Å². The molecule has 0 aliphatic carbocycles. The van der Waals surface area contributed by atoms with E-state index in [1.54, 1.807) is 26.0 Å². The maximum Gasteiger partial charge on any atom is 0.178 e. The second kappa shape index (κ2) is 5.32. The summed E-state index contributed by atoms with van der Waals surface area (Å²) in [6, 6.07) is 6.30. The largest absolute Gasteiger partial charge is 0.491 e. The third-order valence-corrected chi connectivity index (χ3v) is 3.77. The topological polar surface area (TPSA) is 63.6 Å². The fourth-order valence-electron chi connectivity index (χ4n) is 1.14. The summed E-state index contributed by atoms with van der Waals surface area (Å²) in [5.74, 6) is 0.516. The summed E-state index contributed by atoms with van der Waals surface area (Å²) < 4.78 is 28.4. The number of aliphatic hydroxyl groups excluding tert-OH is 1. The van der Waals surface area contributed by atoms with Crippen molar-refractivity contribution >= 4 is 9.84 Å². The van der Waals surface area contributed by atoms with Gasteiger partial charge < -0.3 is 9.84 Å². The summed E-state index contributed by atoms with van der Waals surface area (Å²) in [6.07, 6.45) is -0.577. The third-order valence-electron chi connectivity index (χ3n) is 2.04. The lowest BCUT2D eigenvalue weighted by molar-refractivity contribution is 0.122. The molecule has 0 heterocycles. The Hall–Kier alpha value is -1.07. The van der Waals surface area contributed by atoms with E-state index in [4.69, 9.17) is 9.84 Å². The molecule has 0 amide bonds. The second-order valence-corrected chi connectivity index (χ2v) is 5.82. The predicted octanol–water partition coefficient (Wildman–Crippen LogP) is 1.24. The molecule has 0 saturated heterocycles. The van der Waals surface area contributed by atoms with Crippen LogP contribution < -0.4 is 4.74 Å². The number of ether oxygens (including phenoxy) is 1. The van der Waals surface area contributed by atoms with Gasteiger partial charge >= 0.3 is 0 Å². The van der Waals surface area contributed by atoms with Crippen molar-refractivity contribution in [1.29, 1.82) is 0 Å². The van der Waals surface area contributed by atoms with Gasteiger partial charge in [-0.2, -0.15) is 0 Å². The molecule has 0 bridgehead atoms. The molecule has 4 nitrogen and oxygen atoms in total. The molecule has 1 aromatic rings. The molecule has 16 heavy (non-hydrogen) atoms.